The Morgan fingerprint density at radius 1 is 1.70 bits per heavy atom. The second-order valence-corrected chi connectivity index (χ2v) is 2.82. The van der Waals surface area contributed by atoms with Gasteiger partial charge in [-0.2, -0.15) is 0 Å². The predicted molar refractivity (Wildman–Crippen MR) is 42.7 cm³/mol. The first-order valence-corrected chi connectivity index (χ1v) is 3.81. The highest BCUT2D eigenvalue weighted by Crippen LogP contribution is 2.16. The van der Waals surface area contributed by atoms with Gasteiger partial charge in [-0.3, -0.25) is 0 Å². The fourth-order valence-electron chi connectivity index (χ4n) is 1.09. The quantitative estimate of drug-likeness (QED) is 0.617. The zero-order chi connectivity index (χ0) is 7.40. The van der Waals surface area contributed by atoms with Crippen LogP contribution < -0.4 is 0 Å². The van der Waals surface area contributed by atoms with Crippen molar-refractivity contribution >= 4 is 0 Å². The largest absolute Gasteiger partial charge is 0.396 e. The normalized spacial score (nSPS) is 24.6. The topological polar surface area (TPSA) is 20.2 Å². The monoisotopic (exact) mass is 138 g/mol. The average molecular weight is 138 g/mol. The minimum atomic E-state index is 0.268. The minimum Gasteiger partial charge on any atom is -0.396 e. The lowest BCUT2D eigenvalue weighted by Crippen LogP contribution is -1.95. The molecular formula is C9H14O. The van der Waals surface area contributed by atoms with Crippen LogP contribution in [0.15, 0.2) is 23.8 Å². The van der Waals surface area contributed by atoms with E-state index in [0.717, 1.165) is 12.8 Å². The van der Waals surface area contributed by atoms with E-state index in [2.05, 4.69) is 25.2 Å². The summed E-state index contributed by atoms with van der Waals surface area (Å²) in [5.41, 5.74) is 1.28. The summed E-state index contributed by atoms with van der Waals surface area (Å²) in [7, 11) is 0. The second-order valence-electron chi connectivity index (χ2n) is 2.82. The van der Waals surface area contributed by atoms with Gasteiger partial charge in [0.05, 0.1) is 0 Å². The van der Waals surface area contributed by atoms with Crippen molar-refractivity contribution in [1.29, 1.82) is 0 Å². The smallest absolute Gasteiger partial charge is 0.0471 e. The second kappa shape index (κ2) is 3.57. The van der Waals surface area contributed by atoms with Gasteiger partial charge in [0.2, 0.25) is 0 Å². The maximum Gasteiger partial charge on any atom is 0.0471 e. The molecule has 0 unspecified atom stereocenters. The number of hydrogen-bond donors (Lipinski definition) is 1. The van der Waals surface area contributed by atoms with Gasteiger partial charge >= 0.3 is 0 Å². The Morgan fingerprint density at radius 3 is 3.00 bits per heavy atom. The molecule has 1 rings (SSSR count). The Labute approximate surface area is 62.1 Å². The van der Waals surface area contributed by atoms with Crippen LogP contribution in [-0.4, -0.2) is 11.7 Å². The van der Waals surface area contributed by atoms with Crippen molar-refractivity contribution in [3.05, 3.63) is 23.8 Å². The van der Waals surface area contributed by atoms with Gasteiger partial charge in [-0.1, -0.05) is 30.7 Å². The molecule has 0 amide bonds. The predicted octanol–water partition coefficient (Wildman–Crippen LogP) is 1.89. The molecule has 0 fully saturated rings. The minimum absolute atomic E-state index is 0.268. The van der Waals surface area contributed by atoms with Crippen LogP contribution >= 0.6 is 0 Å². The van der Waals surface area contributed by atoms with Gasteiger partial charge in [0, 0.05) is 6.61 Å². The summed E-state index contributed by atoms with van der Waals surface area (Å²) < 4.78 is 0. The van der Waals surface area contributed by atoms with E-state index in [1.165, 1.54) is 5.57 Å². The van der Waals surface area contributed by atoms with Crippen molar-refractivity contribution < 1.29 is 5.11 Å². The van der Waals surface area contributed by atoms with Crippen molar-refractivity contribution in [1.82, 2.24) is 0 Å². The summed E-state index contributed by atoms with van der Waals surface area (Å²) in [5.74, 6) is 0.683. The third kappa shape index (κ3) is 1.99. The highest BCUT2D eigenvalue weighted by atomic mass is 16.2. The molecular weight excluding hydrogens is 124 g/mol. The van der Waals surface area contributed by atoms with Crippen molar-refractivity contribution in [3.63, 3.8) is 0 Å². The lowest BCUT2D eigenvalue weighted by atomic mass is 9.97. The van der Waals surface area contributed by atoms with E-state index in [9.17, 15) is 0 Å². The first kappa shape index (κ1) is 7.55. The Balaban J connectivity index is 2.42. The van der Waals surface area contributed by atoms with E-state index in [0.29, 0.717) is 5.92 Å². The van der Waals surface area contributed by atoms with E-state index in [-0.39, 0.29) is 6.61 Å². The molecule has 1 aliphatic rings. The van der Waals surface area contributed by atoms with Crippen LogP contribution in [0.25, 0.3) is 0 Å². The van der Waals surface area contributed by atoms with Gasteiger partial charge in [-0.15, -0.1) is 0 Å². The molecule has 0 aromatic carbocycles. The van der Waals surface area contributed by atoms with Crippen molar-refractivity contribution in [2.75, 3.05) is 6.61 Å². The van der Waals surface area contributed by atoms with Crippen LogP contribution in [0, 0.1) is 5.92 Å². The molecule has 0 aromatic rings. The van der Waals surface area contributed by atoms with Gasteiger partial charge in [-0.05, 0) is 18.8 Å². The number of hydrogen-bond acceptors (Lipinski definition) is 1. The number of aliphatic hydroxyl groups excluding tert-OH is 1. The third-order valence-corrected chi connectivity index (χ3v) is 1.79. The highest BCUT2D eigenvalue weighted by Gasteiger charge is 2.01. The summed E-state index contributed by atoms with van der Waals surface area (Å²) in [6.45, 7) is 2.47. The maximum absolute atomic E-state index is 8.61. The van der Waals surface area contributed by atoms with Crippen LogP contribution in [0.4, 0.5) is 0 Å². The molecule has 1 N–H and O–H groups in total. The fourth-order valence-corrected chi connectivity index (χ4v) is 1.09. The van der Waals surface area contributed by atoms with Crippen LogP contribution in [0.3, 0.4) is 0 Å². The summed E-state index contributed by atoms with van der Waals surface area (Å²) in [4.78, 5) is 0. The molecule has 1 heteroatoms. The van der Waals surface area contributed by atoms with Gasteiger partial charge < -0.3 is 5.11 Å². The van der Waals surface area contributed by atoms with E-state index in [1.807, 2.05) is 0 Å². The molecule has 0 bridgehead atoms. The molecule has 1 aliphatic carbocycles. The molecule has 10 heavy (non-hydrogen) atoms. The lowest BCUT2D eigenvalue weighted by Gasteiger charge is -2.09. The van der Waals surface area contributed by atoms with E-state index in [4.69, 9.17) is 5.11 Å². The molecule has 0 heterocycles. The molecule has 1 atom stereocenters. The first-order chi connectivity index (χ1) is 4.83. The number of allylic oxidation sites excluding steroid dienone is 3. The zero-order valence-corrected chi connectivity index (χ0v) is 6.38. The third-order valence-electron chi connectivity index (χ3n) is 1.79. The molecule has 0 aromatic heterocycles. The van der Waals surface area contributed by atoms with E-state index < -0.39 is 0 Å². The Bertz CT molecular complexity index is 156. The first-order valence-electron chi connectivity index (χ1n) is 3.81. The highest BCUT2D eigenvalue weighted by molar-refractivity contribution is 5.23. The Morgan fingerprint density at radius 2 is 2.50 bits per heavy atom. The summed E-state index contributed by atoms with van der Waals surface area (Å²) in [6, 6.07) is 0. The van der Waals surface area contributed by atoms with Crippen LogP contribution in [0.2, 0.25) is 0 Å². The van der Waals surface area contributed by atoms with Gasteiger partial charge in [-0.25, -0.2) is 0 Å². The van der Waals surface area contributed by atoms with Gasteiger partial charge in [0.15, 0.2) is 0 Å². The van der Waals surface area contributed by atoms with E-state index >= 15 is 0 Å². The van der Waals surface area contributed by atoms with Gasteiger partial charge in [0.25, 0.3) is 0 Å². The lowest BCUT2D eigenvalue weighted by molar-refractivity contribution is 0.300. The molecule has 0 spiro atoms. The SMILES string of the molecule is C[C@H]1C=CC(CCO)=CC1. The standard InChI is InChI=1S/C9H14O/c1-8-2-4-9(5-3-8)6-7-10/h2,4-5,8,10H,3,6-7H2,1H3/t8-/m0/s1. The van der Waals surface area contributed by atoms with Crippen LogP contribution in [0.5, 0.6) is 0 Å². The summed E-state index contributed by atoms with van der Waals surface area (Å²) in [5, 5.41) is 8.61. The summed E-state index contributed by atoms with van der Waals surface area (Å²) in [6.07, 6.45) is 8.46. The molecule has 56 valence electrons. The van der Waals surface area contributed by atoms with Crippen LogP contribution in [-0.2, 0) is 0 Å². The molecule has 0 saturated carbocycles. The maximum atomic E-state index is 8.61. The Hall–Kier alpha value is -0.560. The van der Waals surface area contributed by atoms with Crippen LogP contribution in [0.1, 0.15) is 19.8 Å². The molecule has 0 aliphatic heterocycles. The zero-order valence-electron chi connectivity index (χ0n) is 6.38. The number of aliphatic hydroxyl groups is 1. The van der Waals surface area contributed by atoms with Crippen molar-refractivity contribution in [2.45, 2.75) is 19.8 Å². The fraction of sp³-hybridized carbons (Fsp3) is 0.556. The summed E-state index contributed by atoms with van der Waals surface area (Å²) >= 11 is 0. The average Bonchev–Trinajstić information content (AvgIpc) is 1.95. The molecule has 0 saturated heterocycles. The van der Waals surface area contributed by atoms with Crippen molar-refractivity contribution in [3.8, 4) is 0 Å². The Kier molecular flexibility index (Phi) is 2.69. The van der Waals surface area contributed by atoms with Crippen molar-refractivity contribution in [2.24, 2.45) is 5.92 Å². The molecule has 0 radical (unpaired) electrons. The number of rotatable bonds is 2. The van der Waals surface area contributed by atoms with E-state index in [1.54, 1.807) is 0 Å². The molecule has 1 nitrogen and oxygen atoms in total. The van der Waals surface area contributed by atoms with Gasteiger partial charge in [0.1, 0.15) is 0 Å².